The van der Waals surface area contributed by atoms with Gasteiger partial charge < -0.3 is 14.8 Å². The molecule has 7 nitrogen and oxygen atoms in total. The lowest BCUT2D eigenvalue weighted by Crippen LogP contribution is -2.12. The van der Waals surface area contributed by atoms with Gasteiger partial charge in [-0.1, -0.05) is 12.1 Å². The summed E-state index contributed by atoms with van der Waals surface area (Å²) in [5, 5.41) is 2.58. The molecule has 1 amide bonds. The Bertz CT molecular complexity index is 1210. The highest BCUT2D eigenvalue weighted by Crippen LogP contribution is 2.20. The van der Waals surface area contributed by atoms with Crippen LogP contribution in [0.25, 0.3) is 6.08 Å². The molecule has 0 bridgehead atoms. The van der Waals surface area contributed by atoms with E-state index in [-0.39, 0.29) is 10.6 Å². The zero-order valence-electron chi connectivity index (χ0n) is 17.4. The summed E-state index contributed by atoms with van der Waals surface area (Å²) >= 11 is 0. The maximum Gasteiger partial charge on any atom is 0.387 e. The van der Waals surface area contributed by atoms with Gasteiger partial charge in [-0.3, -0.25) is 9.52 Å². The van der Waals surface area contributed by atoms with Crippen molar-refractivity contribution in [2.45, 2.75) is 11.5 Å². The number of rotatable bonds is 9. The van der Waals surface area contributed by atoms with E-state index < -0.39 is 22.5 Å². The Morgan fingerprint density at radius 3 is 2.03 bits per heavy atom. The molecule has 172 valence electrons. The van der Waals surface area contributed by atoms with E-state index in [0.717, 1.165) is 0 Å². The van der Waals surface area contributed by atoms with Crippen molar-refractivity contribution < 1.29 is 31.5 Å². The fourth-order valence-electron chi connectivity index (χ4n) is 2.71. The molecule has 0 fully saturated rings. The number of hydrogen-bond acceptors (Lipinski definition) is 5. The van der Waals surface area contributed by atoms with Crippen LogP contribution in [0.5, 0.6) is 11.5 Å². The molecule has 0 aliphatic carbocycles. The van der Waals surface area contributed by atoms with Crippen LogP contribution in [0, 0.1) is 0 Å². The number of hydrogen-bond donors (Lipinski definition) is 2. The van der Waals surface area contributed by atoms with E-state index in [0.29, 0.717) is 22.7 Å². The summed E-state index contributed by atoms with van der Waals surface area (Å²) < 4.78 is 61.2. The Morgan fingerprint density at radius 1 is 0.879 bits per heavy atom. The zero-order valence-corrected chi connectivity index (χ0v) is 18.2. The molecule has 0 aliphatic heterocycles. The molecular formula is C23H20F2N2O5S. The van der Waals surface area contributed by atoms with Crippen molar-refractivity contribution in [3.63, 3.8) is 0 Å². The summed E-state index contributed by atoms with van der Waals surface area (Å²) in [5.74, 6) is 0.140. The molecule has 0 saturated heterocycles. The molecule has 10 heteroatoms. The fraction of sp³-hybridized carbons (Fsp3) is 0.0870. The van der Waals surface area contributed by atoms with Gasteiger partial charge in [0.1, 0.15) is 11.5 Å². The molecule has 3 aromatic rings. The Hall–Kier alpha value is -3.92. The van der Waals surface area contributed by atoms with Crippen molar-refractivity contribution in [2.24, 2.45) is 0 Å². The minimum Gasteiger partial charge on any atom is -0.497 e. The highest BCUT2D eigenvalue weighted by Gasteiger charge is 2.14. The number of methoxy groups -OCH3 is 1. The predicted octanol–water partition coefficient (Wildman–Crippen LogP) is 4.75. The number of carbonyl (C=O) groups excluding carboxylic acids is 1. The number of alkyl halides is 2. The highest BCUT2D eigenvalue weighted by atomic mass is 32.2. The SMILES string of the molecule is COc1ccc(NS(=O)(=O)c2ccc(/C=C/C(=O)Nc3ccc(OC(F)F)cc3)cc2)cc1. The maximum absolute atomic E-state index is 12.5. The molecule has 0 aliphatic rings. The van der Waals surface area contributed by atoms with Gasteiger partial charge in [0.25, 0.3) is 10.0 Å². The third kappa shape index (κ3) is 7.04. The molecule has 0 atom stereocenters. The van der Waals surface area contributed by atoms with E-state index in [1.807, 2.05) is 0 Å². The number of anilines is 2. The Kier molecular flexibility index (Phi) is 7.62. The van der Waals surface area contributed by atoms with Crippen LogP contribution >= 0.6 is 0 Å². The summed E-state index contributed by atoms with van der Waals surface area (Å²) in [6.07, 6.45) is 2.78. The van der Waals surface area contributed by atoms with Crippen LogP contribution in [0.3, 0.4) is 0 Å². The van der Waals surface area contributed by atoms with Gasteiger partial charge in [0.15, 0.2) is 0 Å². The molecule has 33 heavy (non-hydrogen) atoms. The molecule has 0 aromatic heterocycles. The van der Waals surface area contributed by atoms with Gasteiger partial charge in [0.05, 0.1) is 12.0 Å². The van der Waals surface area contributed by atoms with Gasteiger partial charge in [0, 0.05) is 17.5 Å². The molecule has 3 aromatic carbocycles. The molecule has 0 radical (unpaired) electrons. The average Bonchev–Trinajstić information content (AvgIpc) is 2.79. The van der Waals surface area contributed by atoms with Crippen LogP contribution in [0.15, 0.2) is 83.8 Å². The van der Waals surface area contributed by atoms with E-state index in [1.165, 1.54) is 55.7 Å². The first-order valence-corrected chi connectivity index (χ1v) is 11.0. The van der Waals surface area contributed by atoms with E-state index in [2.05, 4.69) is 14.8 Å². The number of benzene rings is 3. The first-order chi connectivity index (χ1) is 15.7. The number of ether oxygens (including phenoxy) is 2. The number of halogens is 2. The van der Waals surface area contributed by atoms with E-state index in [1.54, 1.807) is 36.4 Å². The van der Waals surface area contributed by atoms with Gasteiger partial charge in [-0.15, -0.1) is 0 Å². The van der Waals surface area contributed by atoms with Crippen molar-refractivity contribution in [3.8, 4) is 11.5 Å². The normalized spacial score (nSPS) is 11.4. The summed E-state index contributed by atoms with van der Waals surface area (Å²) in [5.41, 5.74) is 1.40. The first kappa shape index (κ1) is 23.7. The van der Waals surface area contributed by atoms with Gasteiger partial charge >= 0.3 is 6.61 Å². The number of carbonyl (C=O) groups is 1. The van der Waals surface area contributed by atoms with Gasteiger partial charge in [0.2, 0.25) is 5.91 Å². The lowest BCUT2D eigenvalue weighted by Gasteiger charge is -2.09. The number of sulfonamides is 1. The monoisotopic (exact) mass is 474 g/mol. The maximum atomic E-state index is 12.5. The zero-order chi connectivity index (χ0) is 23.8. The number of nitrogens with one attached hydrogen (secondary N) is 2. The van der Waals surface area contributed by atoms with Crippen LogP contribution in [-0.4, -0.2) is 28.0 Å². The van der Waals surface area contributed by atoms with Crippen LogP contribution < -0.4 is 19.5 Å². The minimum atomic E-state index is -3.78. The number of amides is 1. The van der Waals surface area contributed by atoms with Crippen molar-refractivity contribution >= 4 is 33.4 Å². The van der Waals surface area contributed by atoms with E-state index >= 15 is 0 Å². The van der Waals surface area contributed by atoms with E-state index in [4.69, 9.17) is 4.74 Å². The van der Waals surface area contributed by atoms with Crippen LogP contribution in [0.2, 0.25) is 0 Å². The Morgan fingerprint density at radius 2 is 1.45 bits per heavy atom. The summed E-state index contributed by atoms with van der Waals surface area (Å²) in [4.78, 5) is 12.1. The molecule has 3 rings (SSSR count). The third-order valence-electron chi connectivity index (χ3n) is 4.31. The molecule has 2 N–H and O–H groups in total. The van der Waals surface area contributed by atoms with Crippen molar-refractivity contribution in [1.82, 2.24) is 0 Å². The second-order valence-electron chi connectivity index (χ2n) is 6.63. The van der Waals surface area contributed by atoms with Crippen molar-refractivity contribution in [1.29, 1.82) is 0 Å². The largest absolute Gasteiger partial charge is 0.497 e. The third-order valence-corrected chi connectivity index (χ3v) is 5.70. The lowest BCUT2D eigenvalue weighted by molar-refractivity contribution is -0.111. The summed E-state index contributed by atoms with van der Waals surface area (Å²) in [6, 6.07) is 17.9. The summed E-state index contributed by atoms with van der Waals surface area (Å²) in [6.45, 7) is -2.92. The standard InChI is InChI=1S/C23H20F2N2O5S/c1-31-19-9-7-18(8-10-19)27-33(29,30)21-13-2-16(3-14-21)4-15-22(28)26-17-5-11-20(12-6-17)32-23(24)25/h2-15,23,27H,1H3,(H,26,28)/b15-4+. The molecule has 0 saturated carbocycles. The second kappa shape index (κ2) is 10.6. The smallest absolute Gasteiger partial charge is 0.387 e. The second-order valence-corrected chi connectivity index (χ2v) is 8.31. The van der Waals surface area contributed by atoms with Gasteiger partial charge in [-0.25, -0.2) is 8.42 Å². The van der Waals surface area contributed by atoms with Crippen LogP contribution in [0.1, 0.15) is 5.56 Å². The molecule has 0 heterocycles. The quantitative estimate of drug-likeness (QED) is 0.437. The average molecular weight is 474 g/mol. The first-order valence-electron chi connectivity index (χ1n) is 9.56. The van der Waals surface area contributed by atoms with Crippen LogP contribution in [0.4, 0.5) is 20.2 Å². The predicted molar refractivity (Wildman–Crippen MR) is 121 cm³/mol. The van der Waals surface area contributed by atoms with Crippen molar-refractivity contribution in [3.05, 3.63) is 84.4 Å². The van der Waals surface area contributed by atoms with Crippen LogP contribution in [-0.2, 0) is 14.8 Å². The Balaban J connectivity index is 1.59. The molecule has 0 spiro atoms. The van der Waals surface area contributed by atoms with Crippen molar-refractivity contribution in [2.75, 3.05) is 17.1 Å². The molecule has 0 unspecified atom stereocenters. The van der Waals surface area contributed by atoms with Gasteiger partial charge in [-0.05, 0) is 72.3 Å². The topological polar surface area (TPSA) is 93.7 Å². The molecular weight excluding hydrogens is 454 g/mol. The van der Waals surface area contributed by atoms with E-state index in [9.17, 15) is 22.0 Å². The fourth-order valence-corrected chi connectivity index (χ4v) is 3.77. The summed E-state index contributed by atoms with van der Waals surface area (Å²) in [7, 11) is -2.27. The Labute approximate surface area is 189 Å². The lowest BCUT2D eigenvalue weighted by atomic mass is 10.2. The highest BCUT2D eigenvalue weighted by molar-refractivity contribution is 7.92. The van der Waals surface area contributed by atoms with Gasteiger partial charge in [-0.2, -0.15) is 8.78 Å². The minimum absolute atomic E-state index is 0.0185.